The van der Waals surface area contributed by atoms with E-state index in [1.54, 1.807) is 25.1 Å². The SMILES string of the molecule is CC(=O)Nc1sc(C)c(C)c1C(=O)O[C@@H](C)C(=O)Nc1cccc(C#N)c1. The van der Waals surface area contributed by atoms with Crippen LogP contribution in [0.3, 0.4) is 0 Å². The van der Waals surface area contributed by atoms with Gasteiger partial charge in [0, 0.05) is 17.5 Å². The first kappa shape index (κ1) is 20.1. The predicted molar refractivity (Wildman–Crippen MR) is 103 cm³/mol. The monoisotopic (exact) mass is 385 g/mol. The molecule has 27 heavy (non-hydrogen) atoms. The number of amides is 2. The van der Waals surface area contributed by atoms with Gasteiger partial charge < -0.3 is 15.4 Å². The van der Waals surface area contributed by atoms with Gasteiger partial charge in [0.25, 0.3) is 5.91 Å². The first-order valence-corrected chi connectivity index (χ1v) is 8.94. The topological polar surface area (TPSA) is 108 Å². The lowest BCUT2D eigenvalue weighted by atomic mass is 10.1. The summed E-state index contributed by atoms with van der Waals surface area (Å²) in [5, 5.41) is 14.5. The van der Waals surface area contributed by atoms with Crippen LogP contribution in [0.4, 0.5) is 10.7 Å². The van der Waals surface area contributed by atoms with Gasteiger partial charge >= 0.3 is 5.97 Å². The second kappa shape index (κ2) is 8.47. The predicted octanol–water partition coefficient (Wildman–Crippen LogP) is 3.38. The molecule has 140 valence electrons. The number of nitrogens with zero attached hydrogens (tertiary/aromatic N) is 1. The van der Waals surface area contributed by atoms with E-state index >= 15 is 0 Å². The Hall–Kier alpha value is -3.18. The maximum absolute atomic E-state index is 12.6. The van der Waals surface area contributed by atoms with Gasteiger partial charge in [-0.2, -0.15) is 5.26 Å². The molecule has 2 rings (SSSR count). The molecule has 2 N–H and O–H groups in total. The highest BCUT2D eigenvalue weighted by atomic mass is 32.1. The summed E-state index contributed by atoms with van der Waals surface area (Å²) in [7, 11) is 0. The Morgan fingerprint density at radius 1 is 1.22 bits per heavy atom. The average Bonchev–Trinajstić information content (AvgIpc) is 2.88. The van der Waals surface area contributed by atoms with E-state index in [9.17, 15) is 14.4 Å². The maximum Gasteiger partial charge on any atom is 0.342 e. The second-order valence-electron chi connectivity index (χ2n) is 5.90. The Bertz CT molecular complexity index is 943. The number of carbonyl (C=O) groups is 3. The molecule has 0 unspecified atom stereocenters. The number of anilines is 2. The Labute approximate surface area is 161 Å². The lowest BCUT2D eigenvalue weighted by Gasteiger charge is -2.14. The highest BCUT2D eigenvalue weighted by Crippen LogP contribution is 2.33. The Morgan fingerprint density at radius 2 is 1.93 bits per heavy atom. The van der Waals surface area contributed by atoms with Gasteiger partial charge in [-0.25, -0.2) is 4.79 Å². The molecule has 0 bridgehead atoms. The third-order valence-corrected chi connectivity index (χ3v) is 4.91. The van der Waals surface area contributed by atoms with Gasteiger partial charge in [0.1, 0.15) is 5.00 Å². The fourth-order valence-electron chi connectivity index (χ4n) is 2.30. The summed E-state index contributed by atoms with van der Waals surface area (Å²) in [6, 6.07) is 8.40. The number of hydrogen-bond donors (Lipinski definition) is 2. The lowest BCUT2D eigenvalue weighted by molar-refractivity contribution is -0.123. The summed E-state index contributed by atoms with van der Waals surface area (Å²) in [5.74, 6) is -1.51. The van der Waals surface area contributed by atoms with Crippen molar-refractivity contribution in [2.45, 2.75) is 33.8 Å². The van der Waals surface area contributed by atoms with Gasteiger partial charge in [0.15, 0.2) is 6.10 Å². The van der Waals surface area contributed by atoms with Crippen molar-refractivity contribution in [3.05, 3.63) is 45.8 Å². The van der Waals surface area contributed by atoms with E-state index in [4.69, 9.17) is 10.00 Å². The standard InChI is InChI=1S/C19H19N3O4S/c1-10-12(3)27-18(21-13(4)23)16(10)19(25)26-11(2)17(24)22-15-7-5-6-14(8-15)9-20/h5-8,11H,1-4H3,(H,21,23)(H,22,24)/t11-/m0/s1. The number of carbonyl (C=O) groups excluding carboxylic acids is 3. The molecule has 0 spiro atoms. The first-order valence-electron chi connectivity index (χ1n) is 8.12. The van der Waals surface area contributed by atoms with Gasteiger partial charge in [-0.05, 0) is 44.5 Å². The molecule has 1 heterocycles. The van der Waals surface area contributed by atoms with Crippen LogP contribution < -0.4 is 10.6 Å². The van der Waals surface area contributed by atoms with Crippen molar-refractivity contribution in [1.82, 2.24) is 0 Å². The Kier molecular flexibility index (Phi) is 6.32. The number of hydrogen-bond acceptors (Lipinski definition) is 6. The van der Waals surface area contributed by atoms with Crippen molar-refractivity contribution < 1.29 is 19.1 Å². The van der Waals surface area contributed by atoms with Crippen LogP contribution in [0.1, 0.15) is 40.2 Å². The number of nitrogens with one attached hydrogen (secondary N) is 2. The normalized spacial score (nSPS) is 11.2. The minimum Gasteiger partial charge on any atom is -0.449 e. The van der Waals surface area contributed by atoms with Crippen LogP contribution in [-0.4, -0.2) is 23.9 Å². The zero-order valence-corrected chi connectivity index (χ0v) is 16.2. The smallest absolute Gasteiger partial charge is 0.342 e. The second-order valence-corrected chi connectivity index (χ2v) is 7.12. The zero-order valence-electron chi connectivity index (χ0n) is 15.4. The highest BCUT2D eigenvalue weighted by molar-refractivity contribution is 7.16. The first-order chi connectivity index (χ1) is 12.7. The van der Waals surface area contributed by atoms with Crippen molar-refractivity contribution in [2.24, 2.45) is 0 Å². The molecule has 2 aromatic rings. The summed E-state index contributed by atoms with van der Waals surface area (Å²) in [6.45, 7) is 6.39. The fraction of sp³-hybridized carbons (Fsp3) is 0.263. The van der Waals surface area contributed by atoms with E-state index < -0.39 is 18.0 Å². The van der Waals surface area contributed by atoms with E-state index in [-0.39, 0.29) is 11.5 Å². The van der Waals surface area contributed by atoms with Crippen molar-refractivity contribution in [3.8, 4) is 6.07 Å². The average molecular weight is 385 g/mol. The van der Waals surface area contributed by atoms with Crippen LogP contribution in [0.5, 0.6) is 0 Å². The molecule has 7 nitrogen and oxygen atoms in total. The Morgan fingerprint density at radius 3 is 2.56 bits per heavy atom. The largest absolute Gasteiger partial charge is 0.449 e. The van der Waals surface area contributed by atoms with E-state index in [0.29, 0.717) is 21.8 Å². The van der Waals surface area contributed by atoms with Crippen LogP contribution in [-0.2, 0) is 14.3 Å². The van der Waals surface area contributed by atoms with Gasteiger partial charge in [-0.3, -0.25) is 9.59 Å². The van der Waals surface area contributed by atoms with Crippen molar-refractivity contribution >= 4 is 39.8 Å². The van der Waals surface area contributed by atoms with Crippen molar-refractivity contribution in [2.75, 3.05) is 10.6 Å². The number of thiophene rings is 1. The quantitative estimate of drug-likeness (QED) is 0.767. The van der Waals surface area contributed by atoms with Crippen LogP contribution in [0.2, 0.25) is 0 Å². The third-order valence-electron chi connectivity index (χ3n) is 3.79. The number of aryl methyl sites for hydroxylation is 1. The number of nitriles is 1. The minimum absolute atomic E-state index is 0.249. The minimum atomic E-state index is -1.06. The summed E-state index contributed by atoms with van der Waals surface area (Å²) in [4.78, 5) is 37.1. The molecule has 0 aliphatic carbocycles. The number of esters is 1. The molecular weight excluding hydrogens is 366 g/mol. The van der Waals surface area contributed by atoms with Crippen LogP contribution in [0.25, 0.3) is 0 Å². The van der Waals surface area contributed by atoms with Crippen molar-refractivity contribution in [1.29, 1.82) is 5.26 Å². The van der Waals surface area contributed by atoms with E-state index in [1.807, 2.05) is 13.0 Å². The molecule has 8 heteroatoms. The molecule has 0 radical (unpaired) electrons. The van der Waals surface area contributed by atoms with Gasteiger partial charge in [-0.1, -0.05) is 6.07 Å². The highest BCUT2D eigenvalue weighted by Gasteiger charge is 2.25. The molecule has 0 saturated heterocycles. The number of rotatable bonds is 5. The van der Waals surface area contributed by atoms with Crippen LogP contribution in [0.15, 0.2) is 24.3 Å². The van der Waals surface area contributed by atoms with E-state index in [0.717, 1.165) is 4.88 Å². The molecule has 1 atom stereocenters. The van der Waals surface area contributed by atoms with Crippen LogP contribution in [0, 0.1) is 25.2 Å². The zero-order chi connectivity index (χ0) is 20.1. The number of ether oxygens (including phenoxy) is 1. The molecule has 0 fully saturated rings. The van der Waals surface area contributed by atoms with Crippen molar-refractivity contribution in [3.63, 3.8) is 0 Å². The summed E-state index contributed by atoms with van der Waals surface area (Å²) in [6.07, 6.45) is -1.06. The Balaban J connectivity index is 2.12. The summed E-state index contributed by atoms with van der Waals surface area (Å²) < 4.78 is 5.28. The van der Waals surface area contributed by atoms with Gasteiger partial charge in [0.2, 0.25) is 5.91 Å². The van der Waals surface area contributed by atoms with Gasteiger partial charge in [0.05, 0.1) is 17.2 Å². The molecule has 0 saturated carbocycles. The fourth-order valence-corrected chi connectivity index (χ4v) is 3.40. The molecular formula is C19H19N3O4S. The third kappa shape index (κ3) is 4.92. The molecule has 0 aliphatic rings. The van der Waals surface area contributed by atoms with Crippen LogP contribution >= 0.6 is 11.3 Å². The molecule has 1 aromatic carbocycles. The van der Waals surface area contributed by atoms with E-state index in [2.05, 4.69) is 10.6 Å². The lowest BCUT2D eigenvalue weighted by Crippen LogP contribution is -2.30. The number of benzene rings is 1. The summed E-state index contributed by atoms with van der Waals surface area (Å²) >= 11 is 1.28. The molecule has 0 aliphatic heterocycles. The molecule has 1 aromatic heterocycles. The summed E-state index contributed by atoms with van der Waals surface area (Å²) in [5.41, 5.74) is 1.78. The van der Waals surface area contributed by atoms with E-state index in [1.165, 1.54) is 31.3 Å². The maximum atomic E-state index is 12.6. The molecule has 2 amide bonds. The van der Waals surface area contributed by atoms with Gasteiger partial charge in [-0.15, -0.1) is 11.3 Å².